The smallest absolute Gasteiger partial charge is 0.0840 e. The van der Waals surface area contributed by atoms with Gasteiger partial charge in [0, 0.05) is 12.8 Å². The van der Waals surface area contributed by atoms with Gasteiger partial charge in [-0.3, -0.25) is 0 Å². The lowest BCUT2D eigenvalue weighted by molar-refractivity contribution is -0.929. The molecule has 0 N–H and O–H groups in total. The van der Waals surface area contributed by atoms with Crippen molar-refractivity contribution in [3.63, 3.8) is 0 Å². The molecule has 8 heteroatoms. The average molecular weight is 672 g/mol. The Morgan fingerprint density at radius 2 is 0.676 bits per heavy atom. The van der Waals surface area contributed by atoms with Crippen LogP contribution in [0.4, 0.5) is 0 Å². The minimum absolute atomic E-state index is 0. The van der Waals surface area contributed by atoms with Gasteiger partial charge in [0.2, 0.25) is 0 Å². The fourth-order valence-corrected chi connectivity index (χ4v) is 3.16. The lowest BCUT2D eigenvalue weighted by Gasteiger charge is -2.36. The van der Waals surface area contributed by atoms with Gasteiger partial charge in [-0.05, 0) is 27.7 Å². The molecule has 34 heavy (non-hydrogen) atoms. The van der Waals surface area contributed by atoms with Crippen molar-refractivity contribution in [2.75, 3.05) is 109 Å². The second kappa shape index (κ2) is 30.6. The molecule has 0 unspecified atom stereocenters. The molecule has 0 fully saturated rings. The third-order valence-corrected chi connectivity index (χ3v) is 5.92. The number of hydrogen-bond donors (Lipinski definition) is 0. The zero-order valence-corrected chi connectivity index (χ0v) is 27.1. The Kier molecular flexibility index (Phi) is 58.4. The van der Waals surface area contributed by atoms with Crippen molar-refractivity contribution >= 4 is 0 Å². The Hall–Kier alpha value is 1.38. The van der Waals surface area contributed by atoms with Gasteiger partial charge in [0.05, 0.1) is 109 Å². The summed E-state index contributed by atoms with van der Waals surface area (Å²) in [4.78, 5) is 0. The second-order valence-corrected chi connectivity index (χ2v) is 10.7. The van der Waals surface area contributed by atoms with Gasteiger partial charge in [-0.25, -0.2) is 0 Å². The first-order chi connectivity index (χ1) is 11.7. The normalized spacial score (nSPS) is 10.2. The molecular formula is C26H72Br2Cl2N4. The summed E-state index contributed by atoms with van der Waals surface area (Å²) < 4.78 is 4.63. The zero-order chi connectivity index (χ0) is 21.1. The summed E-state index contributed by atoms with van der Waals surface area (Å²) in [7, 11) is 18.2. The Bertz CT molecular complexity index is 347. The van der Waals surface area contributed by atoms with Crippen LogP contribution in [-0.4, -0.2) is 127 Å². The SMILES string of the molecule is C.C.C.C.CC[N+](C)(C)CCC[N+](C)(C)C.CC[N+](CC)(CC)CCC[N+](C)(C)C.[Br-].[Br-].[Cl-].[Cl-]. The van der Waals surface area contributed by atoms with Crippen LogP contribution in [0.2, 0.25) is 0 Å². The Morgan fingerprint density at radius 3 is 0.882 bits per heavy atom. The highest BCUT2D eigenvalue weighted by molar-refractivity contribution is 4.40. The summed E-state index contributed by atoms with van der Waals surface area (Å²) in [5.74, 6) is 0. The van der Waals surface area contributed by atoms with E-state index in [1.807, 2.05) is 0 Å². The molecule has 0 aliphatic rings. The second-order valence-electron chi connectivity index (χ2n) is 10.7. The number of rotatable bonds is 12. The Morgan fingerprint density at radius 1 is 0.412 bits per heavy atom. The lowest BCUT2D eigenvalue weighted by atomic mass is 10.2. The van der Waals surface area contributed by atoms with Crippen molar-refractivity contribution in [1.29, 1.82) is 0 Å². The highest BCUT2D eigenvalue weighted by Gasteiger charge is 2.21. The van der Waals surface area contributed by atoms with Crippen molar-refractivity contribution in [2.24, 2.45) is 0 Å². The maximum absolute atomic E-state index is 2.32. The van der Waals surface area contributed by atoms with E-state index in [4.69, 9.17) is 0 Å². The topological polar surface area (TPSA) is 0 Å². The standard InChI is InChI=1S/C12H30N2.C10H26N2.4CH4.2BrH.2ClH/c1-7-14(8-2,9-3)12-10-11-13(4,5)6;1-7-12(5,6)10-8-9-11(2,3)4;;;;;;;;/h7-12H2,1-6H3;7-10H2,1-6H3;4*1H4;4*1H/q2*+2;;;;;;;;/p-4. The quantitative estimate of drug-likeness (QED) is 0.182. The van der Waals surface area contributed by atoms with Gasteiger partial charge in [-0.2, -0.15) is 0 Å². The Labute approximate surface area is 254 Å². The summed E-state index contributed by atoms with van der Waals surface area (Å²) in [5.41, 5.74) is 0. The van der Waals surface area contributed by atoms with E-state index < -0.39 is 0 Å². The Balaban J connectivity index is -0.0000000345. The van der Waals surface area contributed by atoms with Crippen molar-refractivity contribution in [3.05, 3.63) is 0 Å². The largest absolute Gasteiger partial charge is 1.00 e. The van der Waals surface area contributed by atoms with Crippen LogP contribution in [-0.2, 0) is 0 Å². The van der Waals surface area contributed by atoms with Crippen LogP contribution in [0.5, 0.6) is 0 Å². The van der Waals surface area contributed by atoms with Gasteiger partial charge in [0.15, 0.2) is 0 Å². The average Bonchev–Trinajstić information content (AvgIpc) is 2.50. The summed E-state index contributed by atoms with van der Waals surface area (Å²) in [6.07, 6.45) is 2.67. The van der Waals surface area contributed by atoms with E-state index in [2.05, 4.69) is 84.1 Å². The first-order valence-electron chi connectivity index (χ1n) is 10.9. The molecule has 4 nitrogen and oxygen atoms in total. The van der Waals surface area contributed by atoms with Gasteiger partial charge < -0.3 is 76.7 Å². The van der Waals surface area contributed by atoms with Crippen LogP contribution in [0, 0.1) is 0 Å². The monoisotopic (exact) mass is 668 g/mol. The number of nitrogens with zero attached hydrogens (tertiary/aromatic N) is 4. The number of quaternary nitrogens is 4. The molecule has 0 aromatic carbocycles. The molecule has 0 amide bonds. The fraction of sp³-hybridized carbons (Fsp3) is 1.00. The molecule has 0 heterocycles. The predicted molar refractivity (Wildman–Crippen MR) is 146 cm³/mol. The maximum atomic E-state index is 2.32. The third-order valence-electron chi connectivity index (χ3n) is 5.92. The molecule has 0 rings (SSSR count). The number of hydrogen-bond acceptors (Lipinski definition) is 0. The first-order valence-corrected chi connectivity index (χ1v) is 10.9. The molecule has 0 atom stereocenters. The highest BCUT2D eigenvalue weighted by atomic mass is 79.9. The van der Waals surface area contributed by atoms with E-state index in [0.717, 1.165) is 13.4 Å². The minimum atomic E-state index is 0. The molecule has 0 aliphatic heterocycles. The van der Waals surface area contributed by atoms with Crippen molar-refractivity contribution in [3.8, 4) is 0 Å². The van der Waals surface area contributed by atoms with Crippen LogP contribution in [0.3, 0.4) is 0 Å². The van der Waals surface area contributed by atoms with Crippen LogP contribution < -0.4 is 58.8 Å². The molecule has 0 saturated heterocycles. The van der Waals surface area contributed by atoms with Gasteiger partial charge in [-0.15, -0.1) is 0 Å². The predicted octanol–water partition coefficient (Wildman–Crippen LogP) is -6.30. The molecule has 0 aromatic rings. The lowest BCUT2D eigenvalue weighted by Crippen LogP contribution is -3.00. The zero-order valence-electron chi connectivity index (χ0n) is 22.4. The third kappa shape index (κ3) is 40.5. The summed E-state index contributed by atoms with van der Waals surface area (Å²) in [6, 6.07) is 0. The van der Waals surface area contributed by atoms with E-state index in [0.29, 0.717) is 0 Å². The van der Waals surface area contributed by atoms with Crippen LogP contribution >= 0.6 is 0 Å². The van der Waals surface area contributed by atoms with Gasteiger partial charge in [-0.1, -0.05) is 29.7 Å². The summed E-state index contributed by atoms with van der Waals surface area (Å²) >= 11 is 0. The van der Waals surface area contributed by atoms with E-state index >= 15 is 0 Å². The van der Waals surface area contributed by atoms with E-state index in [1.165, 1.54) is 69.7 Å². The van der Waals surface area contributed by atoms with Gasteiger partial charge in [0.25, 0.3) is 0 Å². The van der Waals surface area contributed by atoms with E-state index in [-0.39, 0.29) is 88.5 Å². The first kappa shape index (κ1) is 64.9. The van der Waals surface area contributed by atoms with Gasteiger partial charge >= 0.3 is 0 Å². The summed E-state index contributed by atoms with van der Waals surface area (Å²) in [6.45, 7) is 19.5. The van der Waals surface area contributed by atoms with E-state index in [1.54, 1.807) is 0 Å². The van der Waals surface area contributed by atoms with E-state index in [9.17, 15) is 0 Å². The molecule has 0 bridgehead atoms. The molecule has 0 aromatic heterocycles. The van der Waals surface area contributed by atoms with Crippen molar-refractivity contribution in [2.45, 2.75) is 70.2 Å². The number of halogens is 4. The molecule has 224 valence electrons. The van der Waals surface area contributed by atoms with Gasteiger partial charge in [0.1, 0.15) is 0 Å². The molecule has 0 saturated carbocycles. The summed E-state index contributed by atoms with van der Waals surface area (Å²) in [5, 5.41) is 0. The minimum Gasteiger partial charge on any atom is -1.00 e. The van der Waals surface area contributed by atoms with Crippen molar-refractivity contribution in [1.82, 2.24) is 0 Å². The molecule has 0 radical (unpaired) electrons. The van der Waals surface area contributed by atoms with Crippen molar-refractivity contribution < 1.29 is 76.7 Å². The molecule has 0 spiro atoms. The van der Waals surface area contributed by atoms with Crippen LogP contribution in [0.15, 0.2) is 0 Å². The molecular weight excluding hydrogens is 599 g/mol. The highest BCUT2D eigenvalue weighted by Crippen LogP contribution is 2.08. The van der Waals surface area contributed by atoms with Crippen LogP contribution in [0.25, 0.3) is 0 Å². The van der Waals surface area contributed by atoms with Crippen LogP contribution in [0.1, 0.15) is 70.2 Å². The molecule has 0 aliphatic carbocycles. The fourth-order valence-electron chi connectivity index (χ4n) is 3.16. The maximum Gasteiger partial charge on any atom is 0.0840 e.